The molecule has 0 atom stereocenters. The Morgan fingerprint density at radius 2 is 1.94 bits per heavy atom. The second kappa shape index (κ2) is 9.11. The van der Waals surface area contributed by atoms with Crippen molar-refractivity contribution in [1.82, 2.24) is 34.4 Å². The SMILES string of the molecule is Cc1cccc(-c2[nH]c(CN(C)CCc3ccc(F)cc3F)nc2-c2ccc3ncnn3c2)n1. The monoisotopic (exact) mass is 459 g/mol. The van der Waals surface area contributed by atoms with Crippen LogP contribution >= 0.6 is 0 Å². The summed E-state index contributed by atoms with van der Waals surface area (Å²) in [5, 5.41) is 4.23. The van der Waals surface area contributed by atoms with Crippen LogP contribution in [0.2, 0.25) is 0 Å². The van der Waals surface area contributed by atoms with E-state index in [1.807, 2.05) is 55.4 Å². The zero-order valence-corrected chi connectivity index (χ0v) is 18.8. The van der Waals surface area contributed by atoms with Crippen LogP contribution < -0.4 is 0 Å². The average Bonchev–Trinajstić information content (AvgIpc) is 3.45. The Bertz CT molecular complexity index is 1460. The van der Waals surface area contributed by atoms with Crippen molar-refractivity contribution in [2.45, 2.75) is 19.9 Å². The maximum atomic E-state index is 14.0. The van der Waals surface area contributed by atoms with E-state index in [1.165, 1.54) is 18.5 Å². The number of aromatic nitrogens is 6. The number of pyridine rings is 2. The molecule has 7 nitrogen and oxygen atoms in total. The van der Waals surface area contributed by atoms with Crippen LogP contribution in [0.4, 0.5) is 8.78 Å². The molecule has 0 amide bonds. The van der Waals surface area contributed by atoms with Gasteiger partial charge in [-0.2, -0.15) is 5.10 Å². The molecule has 4 heterocycles. The summed E-state index contributed by atoms with van der Waals surface area (Å²) in [6.45, 7) is 3.05. The van der Waals surface area contributed by atoms with E-state index < -0.39 is 11.6 Å². The highest BCUT2D eigenvalue weighted by molar-refractivity contribution is 5.77. The number of H-pyrrole nitrogens is 1. The third-order valence-electron chi connectivity index (χ3n) is 5.64. The molecule has 0 unspecified atom stereocenters. The number of imidazole rings is 1. The highest BCUT2D eigenvalue weighted by Crippen LogP contribution is 2.29. The zero-order valence-electron chi connectivity index (χ0n) is 18.8. The minimum Gasteiger partial charge on any atom is -0.339 e. The Hall–Kier alpha value is -3.98. The molecule has 4 aromatic heterocycles. The molecule has 0 radical (unpaired) electrons. The minimum atomic E-state index is -0.570. The van der Waals surface area contributed by atoms with E-state index in [4.69, 9.17) is 4.98 Å². The molecule has 9 heteroatoms. The van der Waals surface area contributed by atoms with Crippen molar-refractivity contribution in [3.8, 4) is 22.6 Å². The minimum absolute atomic E-state index is 0.464. The maximum absolute atomic E-state index is 14.0. The third-order valence-corrected chi connectivity index (χ3v) is 5.64. The molecule has 172 valence electrons. The quantitative estimate of drug-likeness (QED) is 0.389. The predicted molar refractivity (Wildman–Crippen MR) is 125 cm³/mol. The molecule has 0 aliphatic carbocycles. The summed E-state index contributed by atoms with van der Waals surface area (Å²) >= 11 is 0. The lowest BCUT2D eigenvalue weighted by molar-refractivity contribution is 0.322. The van der Waals surface area contributed by atoms with Gasteiger partial charge in [0.15, 0.2) is 5.65 Å². The van der Waals surface area contributed by atoms with Crippen LogP contribution in [0.1, 0.15) is 17.1 Å². The molecule has 5 rings (SSSR count). The van der Waals surface area contributed by atoms with Gasteiger partial charge in [0.1, 0.15) is 23.8 Å². The normalized spacial score (nSPS) is 11.6. The van der Waals surface area contributed by atoms with Gasteiger partial charge < -0.3 is 4.98 Å². The van der Waals surface area contributed by atoms with Crippen LogP contribution in [0.25, 0.3) is 28.3 Å². The van der Waals surface area contributed by atoms with E-state index in [2.05, 4.69) is 20.1 Å². The van der Waals surface area contributed by atoms with Crippen molar-refractivity contribution in [2.24, 2.45) is 0 Å². The van der Waals surface area contributed by atoms with Gasteiger partial charge in [0.2, 0.25) is 0 Å². The largest absolute Gasteiger partial charge is 0.339 e. The summed E-state index contributed by atoms with van der Waals surface area (Å²) < 4.78 is 28.9. The number of hydrogen-bond acceptors (Lipinski definition) is 5. The van der Waals surface area contributed by atoms with Crippen LogP contribution in [0.15, 0.2) is 61.1 Å². The van der Waals surface area contributed by atoms with Crippen molar-refractivity contribution in [3.05, 3.63) is 89.8 Å². The van der Waals surface area contributed by atoms with Gasteiger partial charge in [-0.15, -0.1) is 0 Å². The molecule has 1 N–H and O–H groups in total. The molecule has 1 aromatic carbocycles. The number of nitrogens with zero attached hydrogens (tertiary/aromatic N) is 6. The lowest BCUT2D eigenvalue weighted by atomic mass is 10.1. The van der Waals surface area contributed by atoms with Gasteiger partial charge in [0, 0.05) is 30.1 Å². The van der Waals surface area contributed by atoms with E-state index in [0.29, 0.717) is 25.1 Å². The van der Waals surface area contributed by atoms with Crippen molar-refractivity contribution in [3.63, 3.8) is 0 Å². The molecular formula is C25H23F2N7. The van der Waals surface area contributed by atoms with E-state index >= 15 is 0 Å². The third kappa shape index (κ3) is 4.55. The second-order valence-corrected chi connectivity index (χ2v) is 8.28. The lowest BCUT2D eigenvalue weighted by Gasteiger charge is -2.15. The highest BCUT2D eigenvalue weighted by atomic mass is 19.1. The summed E-state index contributed by atoms with van der Waals surface area (Å²) in [7, 11) is 1.94. The summed E-state index contributed by atoms with van der Waals surface area (Å²) in [6, 6.07) is 13.4. The summed E-state index contributed by atoms with van der Waals surface area (Å²) in [5.74, 6) is -0.335. The number of nitrogens with one attached hydrogen (secondary N) is 1. The predicted octanol–water partition coefficient (Wildman–Crippen LogP) is 4.44. The van der Waals surface area contributed by atoms with Crippen LogP contribution in [0.3, 0.4) is 0 Å². The van der Waals surface area contributed by atoms with Crippen LogP contribution in [-0.4, -0.2) is 48.0 Å². The number of aromatic amines is 1. The zero-order chi connectivity index (χ0) is 23.7. The van der Waals surface area contributed by atoms with Crippen LogP contribution in [0.5, 0.6) is 0 Å². The Balaban J connectivity index is 1.42. The summed E-state index contributed by atoms with van der Waals surface area (Å²) in [6.07, 6.45) is 3.87. The standard InChI is InChI=1S/C25H23F2N7/c1-16-4-3-5-21(30-16)25-24(18-7-9-23-28-15-29-34(23)13-18)31-22(32-25)14-33(2)11-10-17-6-8-19(26)12-20(17)27/h3-9,12-13,15H,10-11,14H2,1-2H3,(H,31,32). The van der Waals surface area contributed by atoms with Crippen LogP contribution in [0, 0.1) is 18.6 Å². The first-order chi connectivity index (χ1) is 16.5. The summed E-state index contributed by atoms with van der Waals surface area (Å²) in [5.41, 5.74) is 5.41. The average molecular weight is 460 g/mol. The highest BCUT2D eigenvalue weighted by Gasteiger charge is 2.17. The lowest BCUT2D eigenvalue weighted by Crippen LogP contribution is -2.21. The molecule has 0 saturated carbocycles. The molecule has 0 aliphatic heterocycles. The van der Waals surface area contributed by atoms with Gasteiger partial charge in [-0.25, -0.2) is 23.3 Å². The van der Waals surface area contributed by atoms with E-state index in [-0.39, 0.29) is 0 Å². The van der Waals surface area contributed by atoms with E-state index in [0.717, 1.165) is 45.9 Å². The number of halogens is 2. The number of benzene rings is 1. The molecule has 0 bridgehead atoms. The van der Waals surface area contributed by atoms with Crippen molar-refractivity contribution < 1.29 is 8.78 Å². The van der Waals surface area contributed by atoms with E-state index in [9.17, 15) is 8.78 Å². The first kappa shape index (κ1) is 21.8. The van der Waals surface area contributed by atoms with Gasteiger partial charge in [-0.1, -0.05) is 12.1 Å². The molecule has 0 aliphatic rings. The number of aryl methyl sites for hydroxylation is 1. The fraction of sp³-hybridized carbons (Fsp3) is 0.200. The molecule has 34 heavy (non-hydrogen) atoms. The topological polar surface area (TPSA) is 75.0 Å². The fourth-order valence-electron chi connectivity index (χ4n) is 3.90. The Morgan fingerprint density at radius 3 is 2.76 bits per heavy atom. The van der Waals surface area contributed by atoms with Crippen molar-refractivity contribution in [2.75, 3.05) is 13.6 Å². The maximum Gasteiger partial charge on any atom is 0.155 e. The Kier molecular flexibility index (Phi) is 5.85. The number of hydrogen-bond donors (Lipinski definition) is 1. The molecule has 0 spiro atoms. The Labute approximate surface area is 195 Å². The molecule has 5 aromatic rings. The van der Waals surface area contributed by atoms with Gasteiger partial charge in [-0.3, -0.25) is 9.88 Å². The van der Waals surface area contributed by atoms with Crippen LogP contribution in [-0.2, 0) is 13.0 Å². The van der Waals surface area contributed by atoms with E-state index in [1.54, 1.807) is 4.52 Å². The van der Waals surface area contributed by atoms with Crippen molar-refractivity contribution in [1.29, 1.82) is 0 Å². The van der Waals surface area contributed by atoms with Crippen molar-refractivity contribution >= 4 is 5.65 Å². The number of fused-ring (bicyclic) bond motifs is 1. The Morgan fingerprint density at radius 1 is 1.06 bits per heavy atom. The number of rotatable bonds is 7. The first-order valence-corrected chi connectivity index (χ1v) is 10.9. The second-order valence-electron chi connectivity index (χ2n) is 8.28. The first-order valence-electron chi connectivity index (χ1n) is 10.9. The number of likely N-dealkylation sites (N-methyl/N-ethyl adjacent to an activating group) is 1. The molecule has 0 saturated heterocycles. The van der Waals surface area contributed by atoms with Gasteiger partial charge in [0.25, 0.3) is 0 Å². The van der Waals surface area contributed by atoms with Gasteiger partial charge in [-0.05, 0) is 56.3 Å². The molecule has 0 fully saturated rings. The smallest absolute Gasteiger partial charge is 0.155 e. The molecular weight excluding hydrogens is 436 g/mol. The fourth-order valence-corrected chi connectivity index (χ4v) is 3.90. The summed E-state index contributed by atoms with van der Waals surface area (Å²) in [4.78, 5) is 19.2. The van der Waals surface area contributed by atoms with Gasteiger partial charge in [0.05, 0.1) is 23.6 Å². The van der Waals surface area contributed by atoms with Gasteiger partial charge >= 0.3 is 0 Å².